The van der Waals surface area contributed by atoms with Gasteiger partial charge in [0.25, 0.3) is 0 Å². The number of nitrogens with zero attached hydrogens (tertiary/aromatic N) is 3. The van der Waals surface area contributed by atoms with E-state index >= 15 is 0 Å². The second-order valence-corrected chi connectivity index (χ2v) is 8.28. The molecule has 6 nitrogen and oxygen atoms in total. The first-order valence-electron chi connectivity index (χ1n) is 9.53. The molecule has 1 saturated carbocycles. The predicted octanol–water partition coefficient (Wildman–Crippen LogP) is 3.06. The topological polar surface area (TPSA) is 74.3 Å². The minimum Gasteiger partial charge on any atom is -0.444 e. The van der Waals surface area contributed by atoms with Crippen molar-refractivity contribution in [3.05, 3.63) is 23.6 Å². The van der Waals surface area contributed by atoms with Crippen LogP contribution in [0.25, 0.3) is 11.0 Å². The smallest absolute Gasteiger partial charge is 0.204 e. The van der Waals surface area contributed by atoms with E-state index in [1.807, 2.05) is 6.92 Å². The van der Waals surface area contributed by atoms with Crippen molar-refractivity contribution in [3.63, 3.8) is 0 Å². The van der Waals surface area contributed by atoms with Gasteiger partial charge in [-0.3, -0.25) is 4.90 Å². The van der Waals surface area contributed by atoms with Gasteiger partial charge in [0.2, 0.25) is 5.76 Å². The average molecular weight is 352 g/mol. The number of nitriles is 1. The number of anilines is 1. The van der Waals surface area contributed by atoms with E-state index in [1.165, 1.54) is 38.8 Å². The highest BCUT2D eigenvalue weighted by atomic mass is 16.5. The molecule has 26 heavy (non-hydrogen) atoms. The van der Waals surface area contributed by atoms with Crippen LogP contribution in [0.1, 0.15) is 37.0 Å². The third kappa shape index (κ3) is 2.58. The van der Waals surface area contributed by atoms with E-state index in [2.05, 4.69) is 21.3 Å². The van der Waals surface area contributed by atoms with Gasteiger partial charge in [-0.15, -0.1) is 0 Å². The van der Waals surface area contributed by atoms with Gasteiger partial charge in [0, 0.05) is 47.6 Å². The molecule has 3 fully saturated rings. The van der Waals surface area contributed by atoms with Gasteiger partial charge in [-0.25, -0.2) is 4.98 Å². The van der Waals surface area contributed by atoms with Crippen molar-refractivity contribution in [1.82, 2.24) is 9.88 Å². The number of hydrogen-bond donors (Lipinski definition) is 1. The van der Waals surface area contributed by atoms with Gasteiger partial charge in [0.05, 0.1) is 19.4 Å². The Morgan fingerprint density at radius 1 is 1.27 bits per heavy atom. The molecule has 0 radical (unpaired) electrons. The normalized spacial score (nSPS) is 27.7. The lowest BCUT2D eigenvalue weighted by atomic mass is 9.75. The molecule has 1 spiro atoms. The summed E-state index contributed by atoms with van der Waals surface area (Å²) in [4.78, 5) is 7.18. The number of hydrogen-bond acceptors (Lipinski definition) is 6. The Balaban J connectivity index is 1.21. The molecule has 4 heterocycles. The third-order valence-corrected chi connectivity index (χ3v) is 6.39. The molecule has 0 atom stereocenters. The Morgan fingerprint density at radius 3 is 2.69 bits per heavy atom. The summed E-state index contributed by atoms with van der Waals surface area (Å²) < 4.78 is 10.8. The van der Waals surface area contributed by atoms with Crippen LogP contribution >= 0.6 is 0 Å². The fourth-order valence-electron chi connectivity index (χ4n) is 4.77. The summed E-state index contributed by atoms with van der Waals surface area (Å²) in [5.41, 5.74) is 2.25. The van der Waals surface area contributed by atoms with Crippen molar-refractivity contribution in [2.45, 2.75) is 44.7 Å². The van der Waals surface area contributed by atoms with Gasteiger partial charge < -0.3 is 14.5 Å². The van der Waals surface area contributed by atoms with Crippen molar-refractivity contribution >= 4 is 16.8 Å². The summed E-state index contributed by atoms with van der Waals surface area (Å²) in [5.74, 6) is 1.26. The van der Waals surface area contributed by atoms with Crippen molar-refractivity contribution in [1.29, 1.82) is 5.26 Å². The number of nitrogens with one attached hydrogen (secondary N) is 1. The molecule has 2 aliphatic heterocycles. The number of aromatic nitrogens is 1. The summed E-state index contributed by atoms with van der Waals surface area (Å²) in [6.07, 6.45) is 6.58. The lowest BCUT2D eigenvalue weighted by molar-refractivity contribution is -0.200. The summed E-state index contributed by atoms with van der Waals surface area (Å²) in [6, 6.07) is 5.07. The molecule has 0 bridgehead atoms. The molecule has 2 saturated heterocycles. The van der Waals surface area contributed by atoms with Gasteiger partial charge in [0.1, 0.15) is 11.9 Å². The predicted molar refractivity (Wildman–Crippen MR) is 98.0 cm³/mol. The van der Waals surface area contributed by atoms with Gasteiger partial charge in [-0.05, 0) is 32.6 Å². The fourth-order valence-corrected chi connectivity index (χ4v) is 4.77. The zero-order valence-corrected chi connectivity index (χ0v) is 15.1. The van der Waals surface area contributed by atoms with Crippen LogP contribution in [0.3, 0.4) is 0 Å². The summed E-state index contributed by atoms with van der Waals surface area (Å²) in [6.45, 7) is 6.44. The molecule has 2 aromatic rings. The molecule has 5 rings (SSSR count). The molecule has 0 amide bonds. The maximum atomic E-state index is 9.02. The first-order valence-corrected chi connectivity index (χ1v) is 9.53. The lowest BCUT2D eigenvalue weighted by Gasteiger charge is -2.58. The Hall–Kier alpha value is -2.10. The van der Waals surface area contributed by atoms with Crippen LogP contribution in [0.5, 0.6) is 0 Å². The highest BCUT2D eigenvalue weighted by Crippen LogP contribution is 2.41. The van der Waals surface area contributed by atoms with Crippen LogP contribution in [0.15, 0.2) is 16.7 Å². The molecular weight excluding hydrogens is 328 g/mol. The van der Waals surface area contributed by atoms with Gasteiger partial charge >= 0.3 is 0 Å². The minimum absolute atomic E-state index is 0.340. The molecule has 0 unspecified atom stereocenters. The molecule has 1 N–H and O–H groups in total. The standard InChI is InChI=1S/C20H24N4O2/c1-13-17-6-16(7-21)26-18(17)8-22-19(13)23-14-2-4-15(5-3-14)24-9-20(10-24)11-25-12-20/h6,8,14-15H,2-5,9-12H2,1H3,(H,22,23). The largest absolute Gasteiger partial charge is 0.444 e. The van der Waals surface area contributed by atoms with Gasteiger partial charge in [-0.2, -0.15) is 5.26 Å². The van der Waals surface area contributed by atoms with E-state index in [0.717, 1.165) is 36.0 Å². The van der Waals surface area contributed by atoms with E-state index in [4.69, 9.17) is 14.4 Å². The Labute approximate surface area is 153 Å². The zero-order chi connectivity index (χ0) is 17.7. The molecule has 1 aliphatic carbocycles. The second-order valence-electron chi connectivity index (χ2n) is 8.28. The van der Waals surface area contributed by atoms with Crippen molar-refractivity contribution < 1.29 is 9.15 Å². The van der Waals surface area contributed by atoms with Gasteiger partial charge in [0.15, 0.2) is 5.58 Å². The number of pyridine rings is 1. The van der Waals surface area contributed by atoms with Crippen LogP contribution in [-0.2, 0) is 4.74 Å². The van der Waals surface area contributed by atoms with E-state index in [9.17, 15) is 0 Å². The van der Waals surface area contributed by atoms with Crippen LogP contribution < -0.4 is 5.32 Å². The number of fused-ring (bicyclic) bond motifs is 1. The monoisotopic (exact) mass is 352 g/mol. The minimum atomic E-state index is 0.340. The summed E-state index contributed by atoms with van der Waals surface area (Å²) in [5, 5.41) is 13.6. The fraction of sp³-hybridized carbons (Fsp3) is 0.600. The average Bonchev–Trinajstić information content (AvgIpc) is 3.01. The molecule has 0 aromatic carbocycles. The number of likely N-dealkylation sites (tertiary alicyclic amines) is 1. The summed E-state index contributed by atoms with van der Waals surface area (Å²) in [7, 11) is 0. The molecule has 3 aliphatic rings. The van der Waals surface area contributed by atoms with Crippen molar-refractivity contribution in [2.75, 3.05) is 31.6 Å². The Morgan fingerprint density at radius 2 is 2.04 bits per heavy atom. The van der Waals surface area contributed by atoms with Crippen LogP contribution in [-0.4, -0.2) is 48.3 Å². The SMILES string of the molecule is Cc1c(NC2CCC(N3CC4(COC4)C3)CC2)ncc2oc(C#N)cc12. The summed E-state index contributed by atoms with van der Waals surface area (Å²) >= 11 is 0. The number of ether oxygens (including phenoxy) is 1. The second kappa shape index (κ2) is 5.97. The zero-order valence-electron chi connectivity index (χ0n) is 15.1. The third-order valence-electron chi connectivity index (χ3n) is 6.39. The maximum absolute atomic E-state index is 9.02. The molecule has 136 valence electrons. The Bertz CT molecular complexity index is 864. The van der Waals surface area contributed by atoms with Gasteiger partial charge in [-0.1, -0.05) is 0 Å². The van der Waals surface area contributed by atoms with E-state index in [0.29, 0.717) is 22.8 Å². The van der Waals surface area contributed by atoms with E-state index < -0.39 is 0 Å². The number of aryl methyl sites for hydroxylation is 1. The quantitative estimate of drug-likeness (QED) is 0.915. The lowest BCUT2D eigenvalue weighted by Crippen LogP contribution is -2.68. The van der Waals surface area contributed by atoms with E-state index in [1.54, 1.807) is 12.3 Å². The van der Waals surface area contributed by atoms with E-state index in [-0.39, 0.29) is 0 Å². The Kier molecular flexibility index (Phi) is 3.70. The first-order chi connectivity index (χ1) is 12.7. The van der Waals surface area contributed by atoms with Crippen LogP contribution in [0.2, 0.25) is 0 Å². The van der Waals surface area contributed by atoms with Crippen molar-refractivity contribution in [2.24, 2.45) is 5.41 Å². The molecule has 6 heteroatoms. The molecular formula is C20H24N4O2. The molecule has 2 aromatic heterocycles. The number of rotatable bonds is 3. The first kappa shape index (κ1) is 16.1. The highest BCUT2D eigenvalue weighted by molar-refractivity contribution is 5.85. The maximum Gasteiger partial charge on any atom is 0.204 e. The highest BCUT2D eigenvalue weighted by Gasteiger charge is 2.50. The number of furan rings is 1. The van der Waals surface area contributed by atoms with Crippen LogP contribution in [0, 0.1) is 23.7 Å². The van der Waals surface area contributed by atoms with Crippen LogP contribution in [0.4, 0.5) is 5.82 Å². The van der Waals surface area contributed by atoms with Crippen molar-refractivity contribution in [3.8, 4) is 6.07 Å².